The molecule has 0 radical (unpaired) electrons. The lowest BCUT2D eigenvalue weighted by atomic mass is 9.86. The van der Waals surface area contributed by atoms with E-state index in [0.717, 1.165) is 23.2 Å². The van der Waals surface area contributed by atoms with E-state index in [4.69, 9.17) is 0 Å². The van der Waals surface area contributed by atoms with Gasteiger partial charge in [0.15, 0.2) is 0 Å². The number of rotatable bonds is 1. The van der Waals surface area contributed by atoms with Crippen LogP contribution >= 0.6 is 0 Å². The van der Waals surface area contributed by atoms with Gasteiger partial charge in [0, 0.05) is 36.0 Å². The summed E-state index contributed by atoms with van der Waals surface area (Å²) >= 11 is 0. The highest BCUT2D eigenvalue weighted by Gasteiger charge is 2.26. The number of hydrogen-bond acceptors (Lipinski definition) is 2. The summed E-state index contributed by atoms with van der Waals surface area (Å²) in [6.45, 7) is 7.08. The minimum atomic E-state index is 0.0274. The molecule has 4 rings (SSSR count). The van der Waals surface area contributed by atoms with Crippen LogP contribution < -0.4 is 4.90 Å². The summed E-state index contributed by atoms with van der Waals surface area (Å²) in [5, 5.41) is 4.40. The predicted octanol–water partition coefficient (Wildman–Crippen LogP) is 4.47. The molecule has 0 atom stereocenters. The van der Waals surface area contributed by atoms with Gasteiger partial charge in [-0.25, -0.2) is 0 Å². The number of para-hydroxylation sites is 1. The number of anilines is 1. The summed E-state index contributed by atoms with van der Waals surface area (Å²) in [5.41, 5.74) is 6.42. The molecular weight excluding hydrogens is 334 g/mol. The molecule has 4 heteroatoms. The number of aromatic nitrogens is 2. The molecule has 2 heterocycles. The molecule has 0 bridgehead atoms. The van der Waals surface area contributed by atoms with Gasteiger partial charge >= 0.3 is 0 Å². The molecule has 0 aliphatic carbocycles. The maximum absolute atomic E-state index is 13.4. The number of carbonyl (C=O) groups is 1. The van der Waals surface area contributed by atoms with Crippen LogP contribution in [0.2, 0.25) is 0 Å². The zero-order valence-corrected chi connectivity index (χ0v) is 16.4. The third kappa shape index (κ3) is 3.16. The molecule has 1 amide bonds. The van der Waals surface area contributed by atoms with E-state index in [9.17, 15) is 4.79 Å². The first-order valence-corrected chi connectivity index (χ1v) is 9.34. The lowest BCUT2D eigenvalue weighted by Gasteiger charge is -2.24. The Morgan fingerprint density at radius 1 is 1.00 bits per heavy atom. The molecular formula is C23H25N3O. The van der Waals surface area contributed by atoms with Gasteiger partial charge in [-0.1, -0.05) is 51.1 Å². The van der Waals surface area contributed by atoms with Crippen molar-refractivity contribution in [2.75, 3.05) is 4.90 Å². The predicted molar refractivity (Wildman–Crippen MR) is 108 cm³/mol. The molecule has 0 saturated carbocycles. The second-order valence-corrected chi connectivity index (χ2v) is 8.26. The van der Waals surface area contributed by atoms with E-state index in [1.165, 1.54) is 11.3 Å². The molecule has 0 saturated heterocycles. The van der Waals surface area contributed by atoms with Crippen molar-refractivity contribution in [1.82, 2.24) is 9.78 Å². The lowest BCUT2D eigenvalue weighted by Crippen LogP contribution is -2.30. The largest absolute Gasteiger partial charge is 0.304 e. The molecule has 1 aliphatic rings. The standard InChI is InChI=1S/C23H25N3O/c1-23(2,3)19-11-9-16(10-12-19)22(27)26-15-18-14-24-25(4)21(18)13-17-7-5-6-8-20(17)26/h5-12,14H,13,15H2,1-4H3. The Kier molecular flexibility index (Phi) is 4.14. The van der Waals surface area contributed by atoms with Crippen LogP contribution in [-0.4, -0.2) is 15.7 Å². The van der Waals surface area contributed by atoms with Crippen molar-refractivity contribution < 1.29 is 4.79 Å². The van der Waals surface area contributed by atoms with Gasteiger partial charge in [0.1, 0.15) is 0 Å². The van der Waals surface area contributed by atoms with Gasteiger partial charge in [0.05, 0.1) is 12.7 Å². The molecule has 1 aliphatic heterocycles. The first kappa shape index (κ1) is 17.5. The van der Waals surface area contributed by atoms with E-state index in [2.05, 4.69) is 44.1 Å². The number of amides is 1. The molecule has 3 aromatic rings. The van der Waals surface area contributed by atoms with E-state index in [0.29, 0.717) is 12.1 Å². The number of benzene rings is 2. The van der Waals surface area contributed by atoms with E-state index < -0.39 is 0 Å². The van der Waals surface area contributed by atoms with Crippen LogP contribution in [0.15, 0.2) is 54.7 Å². The zero-order chi connectivity index (χ0) is 19.2. The third-order valence-corrected chi connectivity index (χ3v) is 5.36. The van der Waals surface area contributed by atoms with Crippen LogP contribution in [0.5, 0.6) is 0 Å². The molecule has 4 nitrogen and oxygen atoms in total. The fraction of sp³-hybridized carbons (Fsp3) is 0.304. The molecule has 0 unspecified atom stereocenters. The first-order chi connectivity index (χ1) is 12.8. The van der Waals surface area contributed by atoms with Gasteiger partial charge < -0.3 is 4.90 Å². The van der Waals surface area contributed by atoms with Crippen LogP contribution in [0, 0.1) is 0 Å². The second kappa shape index (κ2) is 6.38. The highest BCUT2D eigenvalue weighted by Crippen LogP contribution is 2.32. The van der Waals surface area contributed by atoms with Gasteiger partial charge in [0.25, 0.3) is 5.91 Å². The Labute approximate surface area is 160 Å². The number of aryl methyl sites for hydroxylation is 1. The number of nitrogens with zero attached hydrogens (tertiary/aromatic N) is 3. The van der Waals surface area contributed by atoms with E-state index in [-0.39, 0.29) is 11.3 Å². The quantitative estimate of drug-likeness (QED) is 0.643. The molecule has 2 aromatic carbocycles. The van der Waals surface area contributed by atoms with Gasteiger partial charge in [-0.2, -0.15) is 5.10 Å². The fourth-order valence-electron chi connectivity index (χ4n) is 3.68. The number of carbonyl (C=O) groups excluding carboxylic acids is 1. The monoisotopic (exact) mass is 359 g/mol. The van der Waals surface area contributed by atoms with Crippen LogP contribution in [0.25, 0.3) is 0 Å². The Morgan fingerprint density at radius 2 is 1.70 bits per heavy atom. The third-order valence-electron chi connectivity index (χ3n) is 5.36. The van der Waals surface area contributed by atoms with Gasteiger partial charge in [-0.3, -0.25) is 9.48 Å². The lowest BCUT2D eigenvalue weighted by molar-refractivity contribution is 0.0985. The van der Waals surface area contributed by atoms with Crippen LogP contribution in [0.3, 0.4) is 0 Å². The molecule has 1 aromatic heterocycles. The summed E-state index contributed by atoms with van der Waals surface area (Å²) < 4.78 is 1.91. The number of hydrogen-bond donors (Lipinski definition) is 0. The summed E-state index contributed by atoms with van der Waals surface area (Å²) in [6.07, 6.45) is 2.67. The average molecular weight is 359 g/mol. The van der Waals surface area contributed by atoms with E-state index >= 15 is 0 Å². The maximum Gasteiger partial charge on any atom is 0.258 e. The van der Waals surface area contributed by atoms with Gasteiger partial charge in [0.2, 0.25) is 0 Å². The van der Waals surface area contributed by atoms with E-state index in [1.54, 1.807) is 0 Å². The van der Waals surface area contributed by atoms with Gasteiger partial charge in [-0.05, 0) is 34.7 Å². The van der Waals surface area contributed by atoms with Gasteiger partial charge in [-0.15, -0.1) is 0 Å². The van der Waals surface area contributed by atoms with Crippen molar-refractivity contribution in [2.24, 2.45) is 7.05 Å². The Balaban J connectivity index is 1.74. The SMILES string of the molecule is Cn1ncc2c1Cc1ccccc1N(C(=O)c1ccc(C(C)(C)C)cc1)C2. The maximum atomic E-state index is 13.4. The summed E-state index contributed by atoms with van der Waals surface area (Å²) in [5.74, 6) is 0.0274. The van der Waals surface area contributed by atoms with Crippen molar-refractivity contribution in [1.29, 1.82) is 0 Å². The first-order valence-electron chi connectivity index (χ1n) is 9.34. The Morgan fingerprint density at radius 3 is 2.41 bits per heavy atom. The highest BCUT2D eigenvalue weighted by molar-refractivity contribution is 6.06. The summed E-state index contributed by atoms with van der Waals surface area (Å²) in [4.78, 5) is 15.3. The van der Waals surface area contributed by atoms with Crippen molar-refractivity contribution in [2.45, 2.75) is 39.2 Å². The highest BCUT2D eigenvalue weighted by atomic mass is 16.2. The number of fused-ring (bicyclic) bond motifs is 2. The summed E-state index contributed by atoms with van der Waals surface area (Å²) in [7, 11) is 1.96. The minimum Gasteiger partial charge on any atom is -0.304 e. The van der Waals surface area contributed by atoms with Crippen LogP contribution in [0.4, 0.5) is 5.69 Å². The zero-order valence-electron chi connectivity index (χ0n) is 16.4. The van der Waals surface area contributed by atoms with Crippen molar-refractivity contribution in [3.8, 4) is 0 Å². The van der Waals surface area contributed by atoms with E-state index in [1.807, 2.05) is 53.2 Å². The second-order valence-electron chi connectivity index (χ2n) is 8.26. The van der Waals surface area contributed by atoms with Crippen molar-refractivity contribution in [3.63, 3.8) is 0 Å². The van der Waals surface area contributed by atoms with Crippen LogP contribution in [-0.2, 0) is 25.4 Å². The Hall–Kier alpha value is -2.88. The van der Waals surface area contributed by atoms with Crippen molar-refractivity contribution >= 4 is 11.6 Å². The summed E-state index contributed by atoms with van der Waals surface area (Å²) in [6, 6.07) is 16.2. The smallest absolute Gasteiger partial charge is 0.258 e. The normalized spacial score (nSPS) is 13.7. The topological polar surface area (TPSA) is 38.1 Å². The molecule has 0 fully saturated rings. The molecule has 0 N–H and O–H groups in total. The average Bonchev–Trinajstić information content (AvgIpc) is 2.89. The van der Waals surface area contributed by atoms with Crippen LogP contribution in [0.1, 0.15) is 53.5 Å². The molecule has 138 valence electrons. The molecule has 0 spiro atoms. The fourth-order valence-corrected chi connectivity index (χ4v) is 3.68. The minimum absolute atomic E-state index is 0.0274. The molecule has 27 heavy (non-hydrogen) atoms. The van der Waals surface area contributed by atoms with Crippen molar-refractivity contribution in [3.05, 3.63) is 82.7 Å². The Bertz CT molecular complexity index is 993.